The number of aliphatic hydroxyl groups is 1. The fraction of sp³-hybridized carbons (Fsp3) is 0.710. The number of likely N-dealkylation sites (tertiary alicyclic amines) is 1. The summed E-state index contributed by atoms with van der Waals surface area (Å²) in [4.78, 5) is 9.92. The molecule has 0 unspecified atom stereocenters. The van der Waals surface area contributed by atoms with Crippen molar-refractivity contribution in [2.45, 2.75) is 69.6 Å². The largest absolute Gasteiger partial charge is 0.497 e. The smallest absolute Gasteiger partial charge is 0.119 e. The van der Waals surface area contributed by atoms with Crippen molar-refractivity contribution in [1.29, 1.82) is 0 Å². The van der Waals surface area contributed by atoms with Crippen molar-refractivity contribution in [2.24, 2.45) is 5.41 Å². The van der Waals surface area contributed by atoms with E-state index in [1.54, 1.807) is 7.11 Å². The topological polar surface area (TPSA) is 58.1 Å². The van der Waals surface area contributed by atoms with Gasteiger partial charge in [0.2, 0.25) is 0 Å². The predicted octanol–water partition coefficient (Wildman–Crippen LogP) is 5.15. The van der Waals surface area contributed by atoms with Crippen LogP contribution in [0.2, 0.25) is 0 Å². The number of hydrogen-bond acceptors (Lipinski definition) is 7. The van der Waals surface area contributed by atoms with Gasteiger partial charge < -0.3 is 19.5 Å². The first kappa shape index (κ1) is 28.2. The van der Waals surface area contributed by atoms with Crippen LogP contribution in [-0.2, 0) is 17.7 Å². The molecule has 210 valence electrons. The van der Waals surface area contributed by atoms with Gasteiger partial charge in [-0.2, -0.15) is 11.8 Å². The molecule has 1 aliphatic carbocycles. The van der Waals surface area contributed by atoms with Crippen LogP contribution in [0.15, 0.2) is 24.4 Å². The van der Waals surface area contributed by atoms with Crippen LogP contribution in [0.25, 0.3) is 10.9 Å². The minimum atomic E-state index is 0.0694. The van der Waals surface area contributed by atoms with Gasteiger partial charge in [0.05, 0.1) is 25.8 Å². The minimum Gasteiger partial charge on any atom is -0.497 e. The Hall–Kier alpha value is -1.38. The second-order valence-corrected chi connectivity index (χ2v) is 13.1. The molecule has 5 rings (SSSR count). The summed E-state index contributed by atoms with van der Waals surface area (Å²) in [6.45, 7) is 8.24. The summed E-state index contributed by atoms with van der Waals surface area (Å²) in [7, 11) is 1.73. The third kappa shape index (κ3) is 7.22. The Balaban J connectivity index is 1.20. The van der Waals surface area contributed by atoms with E-state index in [9.17, 15) is 5.11 Å². The predicted molar refractivity (Wildman–Crippen MR) is 157 cm³/mol. The summed E-state index contributed by atoms with van der Waals surface area (Å²) in [5, 5.41) is 12.6. The number of pyridine rings is 1. The lowest BCUT2D eigenvalue weighted by Gasteiger charge is -2.41. The van der Waals surface area contributed by atoms with Crippen LogP contribution in [0.1, 0.15) is 62.5 Å². The van der Waals surface area contributed by atoms with Crippen LogP contribution in [0, 0.1) is 5.41 Å². The summed E-state index contributed by atoms with van der Waals surface area (Å²) < 4.78 is 11.1. The number of methoxy groups -OCH3 is 1. The molecule has 0 atom stereocenters. The van der Waals surface area contributed by atoms with E-state index < -0.39 is 0 Å². The molecule has 6 nitrogen and oxygen atoms in total. The van der Waals surface area contributed by atoms with E-state index in [1.165, 1.54) is 54.5 Å². The number of piperidine rings is 1. The molecule has 3 aliphatic rings. The number of thioether (sulfide) groups is 1. The highest BCUT2D eigenvalue weighted by molar-refractivity contribution is 7.99. The summed E-state index contributed by atoms with van der Waals surface area (Å²) in [5.41, 5.74) is 3.82. The zero-order chi connectivity index (χ0) is 26.2. The van der Waals surface area contributed by atoms with Crippen LogP contribution >= 0.6 is 11.8 Å². The maximum Gasteiger partial charge on any atom is 0.119 e. The molecule has 1 aromatic carbocycles. The van der Waals surface area contributed by atoms with E-state index in [4.69, 9.17) is 14.5 Å². The number of aromatic nitrogens is 1. The number of aliphatic hydroxyl groups excluding tert-OH is 1. The summed E-state index contributed by atoms with van der Waals surface area (Å²) >= 11 is 2.20. The second kappa shape index (κ2) is 13.8. The quantitative estimate of drug-likeness (QED) is 0.399. The molecule has 38 heavy (non-hydrogen) atoms. The third-order valence-electron chi connectivity index (χ3n) is 9.22. The van der Waals surface area contributed by atoms with Gasteiger partial charge in [-0.15, -0.1) is 0 Å². The molecule has 3 fully saturated rings. The van der Waals surface area contributed by atoms with Crippen molar-refractivity contribution in [2.75, 3.05) is 65.4 Å². The number of benzene rings is 1. The Morgan fingerprint density at radius 3 is 2.63 bits per heavy atom. The van der Waals surface area contributed by atoms with E-state index in [0.29, 0.717) is 6.61 Å². The van der Waals surface area contributed by atoms with Gasteiger partial charge >= 0.3 is 0 Å². The van der Waals surface area contributed by atoms with Crippen LogP contribution in [0.4, 0.5) is 0 Å². The molecule has 0 bridgehead atoms. The average molecular weight is 542 g/mol. The lowest BCUT2D eigenvalue weighted by Crippen LogP contribution is -2.43. The van der Waals surface area contributed by atoms with Crippen molar-refractivity contribution in [3.05, 3.63) is 35.5 Å². The molecule has 0 amide bonds. The fourth-order valence-corrected chi connectivity index (χ4v) is 7.97. The number of hydrogen-bond donors (Lipinski definition) is 1. The SMILES string of the molecule is COc1ccc2ncc(CN3CCOCC3)c(CCCC3(CO)CCN(CCSC4CCCC4)CC3)c2c1. The standard InChI is InChI=1S/C31H47N3O3S/c1-36-26-8-9-30-29(21-26)28(25(22-32-30)23-34-15-18-37-19-16-34)7-4-10-31(24-35)11-13-33(14-12-31)17-20-38-27-5-2-3-6-27/h8-9,21-22,27,35H,2-7,10-20,23-24H2,1H3. The Morgan fingerprint density at radius 2 is 1.89 bits per heavy atom. The van der Waals surface area contributed by atoms with Crippen LogP contribution < -0.4 is 4.74 Å². The van der Waals surface area contributed by atoms with Crippen LogP contribution in [-0.4, -0.2) is 90.5 Å². The number of ether oxygens (including phenoxy) is 2. The molecule has 2 aromatic rings. The van der Waals surface area contributed by atoms with Gasteiger partial charge in [-0.05, 0) is 92.8 Å². The van der Waals surface area contributed by atoms with Gasteiger partial charge in [0.1, 0.15) is 5.75 Å². The molecular formula is C31H47N3O3S. The zero-order valence-electron chi connectivity index (χ0n) is 23.3. The highest BCUT2D eigenvalue weighted by atomic mass is 32.2. The van der Waals surface area contributed by atoms with Gasteiger partial charge in [-0.1, -0.05) is 12.8 Å². The molecule has 7 heteroatoms. The third-order valence-corrected chi connectivity index (χ3v) is 10.6. The number of nitrogens with zero attached hydrogens (tertiary/aromatic N) is 3. The highest BCUT2D eigenvalue weighted by Crippen LogP contribution is 2.37. The molecule has 0 radical (unpaired) electrons. The van der Waals surface area contributed by atoms with E-state index in [-0.39, 0.29) is 5.41 Å². The van der Waals surface area contributed by atoms with Gasteiger partial charge in [-0.3, -0.25) is 9.88 Å². The van der Waals surface area contributed by atoms with E-state index in [0.717, 1.165) is 94.6 Å². The van der Waals surface area contributed by atoms with Crippen LogP contribution in [0.3, 0.4) is 0 Å². The Morgan fingerprint density at radius 1 is 1.11 bits per heavy atom. The summed E-state index contributed by atoms with van der Waals surface area (Å²) in [6, 6.07) is 6.23. The van der Waals surface area contributed by atoms with E-state index >= 15 is 0 Å². The van der Waals surface area contributed by atoms with Crippen molar-refractivity contribution in [3.63, 3.8) is 0 Å². The zero-order valence-corrected chi connectivity index (χ0v) is 24.2. The monoisotopic (exact) mass is 541 g/mol. The van der Waals surface area contributed by atoms with Gasteiger partial charge in [-0.25, -0.2) is 0 Å². The second-order valence-electron chi connectivity index (χ2n) is 11.7. The van der Waals surface area contributed by atoms with Gasteiger partial charge in [0.15, 0.2) is 0 Å². The molecular weight excluding hydrogens is 494 g/mol. The molecule has 1 saturated carbocycles. The highest BCUT2D eigenvalue weighted by Gasteiger charge is 2.33. The Kier molecular flexibility index (Phi) is 10.2. The normalized spacial score (nSPS) is 21.3. The summed E-state index contributed by atoms with van der Waals surface area (Å²) in [6.07, 6.45) is 13.2. The minimum absolute atomic E-state index is 0.0694. The maximum atomic E-state index is 10.5. The molecule has 0 spiro atoms. The van der Waals surface area contributed by atoms with Crippen molar-refractivity contribution in [1.82, 2.24) is 14.8 Å². The van der Waals surface area contributed by atoms with Crippen molar-refractivity contribution in [3.8, 4) is 5.75 Å². The first-order chi connectivity index (χ1) is 18.7. The average Bonchev–Trinajstić information content (AvgIpc) is 3.49. The van der Waals surface area contributed by atoms with Gasteiger partial charge in [0.25, 0.3) is 0 Å². The van der Waals surface area contributed by atoms with Gasteiger partial charge in [0, 0.05) is 55.4 Å². The molecule has 2 aliphatic heterocycles. The van der Waals surface area contributed by atoms with E-state index in [1.807, 2.05) is 6.07 Å². The first-order valence-electron chi connectivity index (χ1n) is 14.9. The van der Waals surface area contributed by atoms with E-state index in [2.05, 4.69) is 39.9 Å². The fourth-order valence-electron chi connectivity index (χ4n) is 6.61. The number of rotatable bonds is 12. The Labute approximate surface area is 233 Å². The lowest BCUT2D eigenvalue weighted by molar-refractivity contribution is 0.0338. The molecule has 2 saturated heterocycles. The molecule has 3 heterocycles. The molecule has 1 N–H and O–H groups in total. The number of aryl methyl sites for hydroxylation is 1. The number of fused-ring (bicyclic) bond motifs is 1. The first-order valence-corrected chi connectivity index (χ1v) is 15.9. The summed E-state index contributed by atoms with van der Waals surface area (Å²) in [5.74, 6) is 2.15. The van der Waals surface area contributed by atoms with Crippen molar-refractivity contribution >= 4 is 22.7 Å². The Bertz CT molecular complexity index is 1010. The van der Waals surface area contributed by atoms with Crippen LogP contribution in [0.5, 0.6) is 5.75 Å². The van der Waals surface area contributed by atoms with Crippen molar-refractivity contribution < 1.29 is 14.6 Å². The maximum absolute atomic E-state index is 10.5. The number of morpholine rings is 1. The molecule has 1 aromatic heterocycles. The lowest BCUT2D eigenvalue weighted by atomic mass is 9.75.